The van der Waals surface area contributed by atoms with Gasteiger partial charge in [0.2, 0.25) is 0 Å². The number of hydrogen-bond acceptors (Lipinski definition) is 3. The van der Waals surface area contributed by atoms with E-state index >= 15 is 0 Å². The lowest BCUT2D eigenvalue weighted by atomic mass is 10.1. The maximum absolute atomic E-state index is 13.1. The van der Waals surface area contributed by atoms with Crippen LogP contribution in [0.4, 0.5) is 16.2 Å². The minimum absolute atomic E-state index is 0.0904. The number of benzene rings is 4. The minimum atomic E-state index is -0.524. The van der Waals surface area contributed by atoms with Crippen molar-refractivity contribution in [2.24, 2.45) is 0 Å². The highest BCUT2D eigenvalue weighted by molar-refractivity contribution is 6.06. The lowest BCUT2D eigenvalue weighted by Gasteiger charge is -2.22. The summed E-state index contributed by atoms with van der Waals surface area (Å²) >= 11 is 0. The molecular formula is C28H21NO3. The van der Waals surface area contributed by atoms with Crippen LogP contribution in [0.15, 0.2) is 121 Å². The molecule has 0 aliphatic rings. The summed E-state index contributed by atoms with van der Waals surface area (Å²) in [4.78, 5) is 26.9. The van der Waals surface area contributed by atoms with Gasteiger partial charge in [-0.15, -0.1) is 0 Å². The largest absolute Gasteiger partial charge is 0.424 e. The van der Waals surface area contributed by atoms with Crippen LogP contribution < -0.4 is 9.64 Å². The van der Waals surface area contributed by atoms with Crippen molar-refractivity contribution < 1.29 is 14.3 Å². The van der Waals surface area contributed by atoms with Gasteiger partial charge in [0.1, 0.15) is 5.75 Å². The quantitative estimate of drug-likeness (QED) is 0.252. The Morgan fingerprint density at radius 1 is 0.656 bits per heavy atom. The Morgan fingerprint density at radius 2 is 1.22 bits per heavy atom. The first-order valence-corrected chi connectivity index (χ1v) is 10.2. The van der Waals surface area contributed by atoms with Crippen molar-refractivity contribution in [2.45, 2.75) is 0 Å². The minimum Gasteiger partial charge on any atom is -0.410 e. The monoisotopic (exact) mass is 419 g/mol. The molecule has 4 nitrogen and oxygen atoms in total. The van der Waals surface area contributed by atoms with Crippen LogP contribution in [-0.2, 0) is 0 Å². The van der Waals surface area contributed by atoms with Crippen molar-refractivity contribution in [3.8, 4) is 5.75 Å². The summed E-state index contributed by atoms with van der Waals surface area (Å²) < 4.78 is 5.69. The summed E-state index contributed by atoms with van der Waals surface area (Å²) in [6.07, 6.45) is 2.69. The number of para-hydroxylation sites is 2. The van der Waals surface area contributed by atoms with Gasteiger partial charge >= 0.3 is 6.09 Å². The van der Waals surface area contributed by atoms with Gasteiger partial charge < -0.3 is 4.74 Å². The normalized spacial score (nSPS) is 10.6. The van der Waals surface area contributed by atoms with E-state index in [1.165, 1.54) is 11.0 Å². The van der Waals surface area contributed by atoms with Gasteiger partial charge in [-0.25, -0.2) is 9.69 Å². The van der Waals surface area contributed by atoms with Crippen molar-refractivity contribution in [1.29, 1.82) is 0 Å². The Hall–Kier alpha value is -4.44. The highest BCUT2D eigenvalue weighted by Gasteiger charge is 2.20. The van der Waals surface area contributed by atoms with E-state index in [4.69, 9.17) is 4.74 Å². The number of nitrogens with zero attached hydrogens (tertiary/aromatic N) is 1. The molecule has 0 atom stereocenters. The fourth-order valence-corrected chi connectivity index (χ4v) is 3.21. The van der Waals surface area contributed by atoms with E-state index in [-0.39, 0.29) is 5.78 Å². The molecule has 0 fully saturated rings. The zero-order chi connectivity index (χ0) is 22.2. The molecule has 4 aromatic rings. The van der Waals surface area contributed by atoms with Crippen LogP contribution in [0.3, 0.4) is 0 Å². The first kappa shape index (κ1) is 20.8. The second-order valence-electron chi connectivity index (χ2n) is 7.01. The van der Waals surface area contributed by atoms with E-state index in [1.54, 1.807) is 36.4 Å². The highest BCUT2D eigenvalue weighted by Crippen LogP contribution is 2.27. The van der Waals surface area contributed by atoms with Crippen molar-refractivity contribution in [1.82, 2.24) is 0 Å². The van der Waals surface area contributed by atoms with Crippen LogP contribution in [0.5, 0.6) is 5.75 Å². The van der Waals surface area contributed by atoms with Gasteiger partial charge in [-0.3, -0.25) is 4.79 Å². The van der Waals surface area contributed by atoms with E-state index in [0.29, 0.717) is 22.7 Å². The number of ketones is 1. The Morgan fingerprint density at radius 3 is 1.81 bits per heavy atom. The Labute approximate surface area is 187 Å². The maximum atomic E-state index is 13.1. The Kier molecular flexibility index (Phi) is 6.54. The number of ether oxygens (including phenoxy) is 1. The van der Waals surface area contributed by atoms with Crippen LogP contribution in [0.25, 0.3) is 6.08 Å². The van der Waals surface area contributed by atoms with Gasteiger partial charge in [-0.1, -0.05) is 84.9 Å². The van der Waals surface area contributed by atoms with Gasteiger partial charge in [0.15, 0.2) is 5.78 Å². The summed E-state index contributed by atoms with van der Waals surface area (Å²) in [7, 11) is 0. The van der Waals surface area contributed by atoms with Crippen molar-refractivity contribution in [3.63, 3.8) is 0 Å². The van der Waals surface area contributed by atoms with Gasteiger partial charge in [-0.2, -0.15) is 0 Å². The number of rotatable bonds is 6. The molecule has 4 heteroatoms. The van der Waals surface area contributed by atoms with Gasteiger partial charge in [-0.05, 0) is 48.0 Å². The Bertz CT molecular complexity index is 1180. The van der Waals surface area contributed by atoms with E-state index < -0.39 is 6.09 Å². The topological polar surface area (TPSA) is 46.6 Å². The first-order chi connectivity index (χ1) is 15.7. The molecule has 0 spiro atoms. The van der Waals surface area contributed by atoms with Crippen molar-refractivity contribution in [2.75, 3.05) is 4.90 Å². The molecule has 0 saturated heterocycles. The van der Waals surface area contributed by atoms with Gasteiger partial charge in [0.05, 0.1) is 11.4 Å². The second-order valence-corrected chi connectivity index (χ2v) is 7.01. The zero-order valence-electron chi connectivity index (χ0n) is 17.3. The van der Waals surface area contributed by atoms with E-state index in [1.807, 2.05) is 84.9 Å². The molecule has 1 amide bonds. The molecule has 0 saturated carbocycles. The standard InChI is InChI=1S/C28H21NO3/c30-27(23-12-4-1-5-13-23)20-19-22-11-10-18-26(21-22)32-28(31)29(24-14-6-2-7-15-24)25-16-8-3-9-17-25/h1-21H/b20-19+. The van der Waals surface area contributed by atoms with Crippen LogP contribution in [0.2, 0.25) is 0 Å². The molecule has 32 heavy (non-hydrogen) atoms. The lowest BCUT2D eigenvalue weighted by molar-refractivity contribution is 0.104. The number of anilines is 2. The number of carbonyl (C=O) groups excluding carboxylic acids is 2. The maximum Gasteiger partial charge on any atom is 0.424 e. The molecular weight excluding hydrogens is 398 g/mol. The summed E-state index contributed by atoms with van der Waals surface area (Å²) in [5.74, 6) is 0.300. The van der Waals surface area contributed by atoms with E-state index in [0.717, 1.165) is 5.56 Å². The van der Waals surface area contributed by atoms with Gasteiger partial charge in [0, 0.05) is 5.56 Å². The van der Waals surface area contributed by atoms with Crippen molar-refractivity contribution in [3.05, 3.63) is 132 Å². The Balaban J connectivity index is 1.53. The van der Waals surface area contributed by atoms with Crippen LogP contribution in [0.1, 0.15) is 15.9 Å². The molecule has 0 radical (unpaired) electrons. The molecule has 4 aromatic carbocycles. The van der Waals surface area contributed by atoms with E-state index in [2.05, 4.69) is 0 Å². The zero-order valence-corrected chi connectivity index (χ0v) is 17.3. The average Bonchev–Trinajstić information content (AvgIpc) is 2.85. The molecule has 0 bridgehead atoms. The molecule has 0 aliphatic heterocycles. The molecule has 0 heterocycles. The third-order valence-electron chi connectivity index (χ3n) is 4.76. The predicted molar refractivity (Wildman–Crippen MR) is 127 cm³/mol. The van der Waals surface area contributed by atoms with Crippen molar-refractivity contribution >= 4 is 29.3 Å². The molecule has 0 aromatic heterocycles. The summed E-state index contributed by atoms with van der Waals surface area (Å²) in [6.45, 7) is 0. The third-order valence-corrected chi connectivity index (χ3v) is 4.76. The predicted octanol–water partition coefficient (Wildman–Crippen LogP) is 6.92. The van der Waals surface area contributed by atoms with Crippen LogP contribution >= 0.6 is 0 Å². The molecule has 0 unspecified atom stereocenters. The summed E-state index contributed by atoms with van der Waals surface area (Å²) in [5.41, 5.74) is 2.78. The number of carbonyl (C=O) groups is 2. The van der Waals surface area contributed by atoms with E-state index in [9.17, 15) is 9.59 Å². The number of hydrogen-bond donors (Lipinski definition) is 0. The highest BCUT2D eigenvalue weighted by atomic mass is 16.6. The summed E-state index contributed by atoms with van der Waals surface area (Å²) in [5, 5.41) is 0. The lowest BCUT2D eigenvalue weighted by Crippen LogP contribution is -2.29. The molecule has 0 N–H and O–H groups in total. The first-order valence-electron chi connectivity index (χ1n) is 10.2. The molecule has 4 rings (SSSR count). The van der Waals surface area contributed by atoms with Gasteiger partial charge in [0.25, 0.3) is 0 Å². The summed E-state index contributed by atoms with van der Waals surface area (Å²) in [6, 6.07) is 34.8. The molecule has 156 valence electrons. The second kappa shape index (κ2) is 10.0. The van der Waals surface area contributed by atoms with Crippen LogP contribution in [-0.4, -0.2) is 11.9 Å². The number of allylic oxidation sites excluding steroid dienone is 1. The van der Waals surface area contributed by atoms with Crippen LogP contribution in [0, 0.1) is 0 Å². The smallest absolute Gasteiger partial charge is 0.410 e. The fraction of sp³-hybridized carbons (Fsp3) is 0. The third kappa shape index (κ3) is 5.18. The average molecular weight is 419 g/mol. The SMILES string of the molecule is O=C(/C=C/c1cccc(OC(=O)N(c2ccccc2)c2ccccc2)c1)c1ccccc1. The fourth-order valence-electron chi connectivity index (χ4n) is 3.21. The molecule has 0 aliphatic carbocycles. The number of amides is 1.